The van der Waals surface area contributed by atoms with E-state index in [4.69, 9.17) is 0 Å². The lowest BCUT2D eigenvalue weighted by Crippen LogP contribution is -2.52. The van der Waals surface area contributed by atoms with Crippen LogP contribution in [0.25, 0.3) is 0 Å². The number of piperidine rings is 1. The Morgan fingerprint density at radius 3 is 2.78 bits per heavy atom. The molecule has 0 saturated carbocycles. The van der Waals surface area contributed by atoms with Crippen LogP contribution in [0.4, 0.5) is 5.00 Å². The molecule has 1 aliphatic heterocycles. The fourth-order valence-electron chi connectivity index (χ4n) is 1.99. The van der Waals surface area contributed by atoms with E-state index in [1.165, 1.54) is 11.4 Å². The second kappa shape index (κ2) is 5.03. The van der Waals surface area contributed by atoms with Crippen LogP contribution in [0.5, 0.6) is 0 Å². The molecule has 0 radical (unpaired) electrons. The van der Waals surface area contributed by atoms with Gasteiger partial charge >= 0.3 is 5.00 Å². The Balaban J connectivity index is 2.04. The van der Waals surface area contributed by atoms with Gasteiger partial charge in [-0.2, -0.15) is 0 Å². The summed E-state index contributed by atoms with van der Waals surface area (Å²) in [6, 6.07) is 1.32. The summed E-state index contributed by atoms with van der Waals surface area (Å²) in [6.07, 6.45) is 1.73. The molecule has 7 heteroatoms. The quantitative estimate of drug-likeness (QED) is 0.643. The number of carbonyl (C=O) groups is 1. The SMILES string of the molecule is CC1(NC(=O)c2csc([N+](=O)[O-])c2)CCNCC1. The Hall–Kier alpha value is -1.47. The molecule has 1 saturated heterocycles. The minimum Gasteiger partial charge on any atom is -0.347 e. The van der Waals surface area contributed by atoms with Crippen molar-refractivity contribution in [3.63, 3.8) is 0 Å². The zero-order valence-corrected chi connectivity index (χ0v) is 10.9. The average molecular weight is 269 g/mol. The Morgan fingerprint density at radius 2 is 2.22 bits per heavy atom. The number of carbonyl (C=O) groups excluding carboxylic acids is 1. The number of nitrogens with zero attached hydrogens (tertiary/aromatic N) is 1. The van der Waals surface area contributed by atoms with E-state index in [0.29, 0.717) is 5.56 Å². The largest absolute Gasteiger partial charge is 0.347 e. The lowest BCUT2D eigenvalue weighted by Gasteiger charge is -2.34. The van der Waals surface area contributed by atoms with E-state index in [2.05, 4.69) is 10.6 Å². The lowest BCUT2D eigenvalue weighted by atomic mass is 9.90. The third-order valence-corrected chi connectivity index (χ3v) is 4.03. The van der Waals surface area contributed by atoms with E-state index >= 15 is 0 Å². The first-order valence-electron chi connectivity index (χ1n) is 5.76. The minimum absolute atomic E-state index is 0.00406. The number of nitro groups is 1. The smallest absolute Gasteiger partial charge is 0.324 e. The molecule has 0 bridgehead atoms. The molecular weight excluding hydrogens is 254 g/mol. The monoisotopic (exact) mass is 269 g/mol. The van der Waals surface area contributed by atoms with E-state index in [0.717, 1.165) is 37.3 Å². The highest BCUT2D eigenvalue weighted by Crippen LogP contribution is 2.24. The van der Waals surface area contributed by atoms with Crippen molar-refractivity contribution in [3.8, 4) is 0 Å². The van der Waals surface area contributed by atoms with Gasteiger partial charge in [-0.25, -0.2) is 0 Å². The molecule has 1 amide bonds. The summed E-state index contributed by atoms with van der Waals surface area (Å²) in [5.74, 6) is -0.233. The standard InChI is InChI=1S/C11H15N3O3S/c1-11(2-4-12-5-3-11)13-10(15)8-6-9(14(16)17)18-7-8/h6-7,12H,2-5H2,1H3,(H,13,15). The molecular formula is C11H15N3O3S. The molecule has 0 aliphatic carbocycles. The molecule has 98 valence electrons. The lowest BCUT2D eigenvalue weighted by molar-refractivity contribution is -0.380. The molecule has 1 aliphatic rings. The number of nitrogens with one attached hydrogen (secondary N) is 2. The highest BCUT2D eigenvalue weighted by molar-refractivity contribution is 7.13. The maximum absolute atomic E-state index is 12.0. The van der Waals surface area contributed by atoms with Crippen molar-refractivity contribution in [2.75, 3.05) is 13.1 Å². The zero-order chi connectivity index (χ0) is 13.2. The first-order valence-corrected chi connectivity index (χ1v) is 6.64. The van der Waals surface area contributed by atoms with E-state index < -0.39 is 4.92 Å². The molecule has 2 heterocycles. The van der Waals surface area contributed by atoms with E-state index in [9.17, 15) is 14.9 Å². The molecule has 2 N–H and O–H groups in total. The van der Waals surface area contributed by atoms with Crippen LogP contribution in [0.2, 0.25) is 0 Å². The molecule has 6 nitrogen and oxygen atoms in total. The van der Waals surface area contributed by atoms with E-state index in [-0.39, 0.29) is 16.4 Å². The van der Waals surface area contributed by atoms with Gasteiger partial charge in [-0.05, 0) is 32.9 Å². The van der Waals surface area contributed by atoms with Crippen molar-refractivity contribution in [2.45, 2.75) is 25.3 Å². The number of hydrogen-bond donors (Lipinski definition) is 2. The molecule has 0 spiro atoms. The summed E-state index contributed by atoms with van der Waals surface area (Å²) < 4.78 is 0. The van der Waals surface area contributed by atoms with Crippen molar-refractivity contribution in [2.24, 2.45) is 0 Å². The number of amides is 1. The molecule has 0 atom stereocenters. The van der Waals surface area contributed by atoms with Crippen molar-refractivity contribution in [3.05, 3.63) is 27.1 Å². The maximum atomic E-state index is 12.0. The maximum Gasteiger partial charge on any atom is 0.324 e. The van der Waals surface area contributed by atoms with Crippen molar-refractivity contribution < 1.29 is 9.72 Å². The van der Waals surface area contributed by atoms with Crippen LogP contribution >= 0.6 is 11.3 Å². The Kier molecular flexibility index (Phi) is 3.63. The molecule has 0 unspecified atom stereocenters. The summed E-state index contributed by atoms with van der Waals surface area (Å²) in [4.78, 5) is 22.1. The number of rotatable bonds is 3. The van der Waals surface area contributed by atoms with Crippen LogP contribution < -0.4 is 10.6 Å². The topological polar surface area (TPSA) is 84.3 Å². The van der Waals surface area contributed by atoms with Crippen LogP contribution in [-0.4, -0.2) is 29.5 Å². The van der Waals surface area contributed by atoms with Gasteiger partial charge in [0.25, 0.3) is 5.91 Å². The third kappa shape index (κ3) is 2.85. The Bertz CT molecular complexity index is 466. The fraction of sp³-hybridized carbons (Fsp3) is 0.545. The summed E-state index contributed by atoms with van der Waals surface area (Å²) >= 11 is 0.975. The van der Waals surface area contributed by atoms with Crippen LogP contribution in [0.3, 0.4) is 0 Å². The summed E-state index contributed by atoms with van der Waals surface area (Å²) in [7, 11) is 0. The Labute approximate surface area is 109 Å². The van der Waals surface area contributed by atoms with Gasteiger partial charge in [0.15, 0.2) is 0 Å². The van der Waals surface area contributed by atoms with Gasteiger partial charge in [0.2, 0.25) is 0 Å². The summed E-state index contributed by atoms with van der Waals surface area (Å²) in [5, 5.41) is 18.3. The first kappa shape index (κ1) is 13.0. The molecule has 0 aromatic carbocycles. The van der Waals surface area contributed by atoms with Crippen LogP contribution in [-0.2, 0) is 0 Å². The van der Waals surface area contributed by atoms with Crippen molar-refractivity contribution in [1.29, 1.82) is 0 Å². The molecule has 2 rings (SSSR count). The molecule has 1 fully saturated rings. The Morgan fingerprint density at radius 1 is 1.56 bits per heavy atom. The third-order valence-electron chi connectivity index (χ3n) is 3.15. The van der Waals surface area contributed by atoms with Crippen molar-refractivity contribution in [1.82, 2.24) is 10.6 Å². The zero-order valence-electron chi connectivity index (χ0n) is 10.1. The average Bonchev–Trinajstić information content (AvgIpc) is 2.78. The fourth-order valence-corrected chi connectivity index (χ4v) is 2.69. The van der Waals surface area contributed by atoms with Gasteiger partial charge in [0, 0.05) is 17.0 Å². The van der Waals surface area contributed by atoms with Gasteiger partial charge in [-0.15, -0.1) is 0 Å². The minimum atomic E-state index is -0.478. The number of thiophene rings is 1. The normalized spacial score (nSPS) is 18.3. The molecule has 1 aromatic heterocycles. The second-order valence-corrected chi connectivity index (χ2v) is 5.59. The highest BCUT2D eigenvalue weighted by atomic mass is 32.1. The predicted molar refractivity (Wildman–Crippen MR) is 68.9 cm³/mol. The second-order valence-electron chi connectivity index (χ2n) is 4.70. The van der Waals surface area contributed by atoms with Crippen LogP contribution in [0, 0.1) is 10.1 Å². The van der Waals surface area contributed by atoms with E-state index in [1.807, 2.05) is 6.92 Å². The van der Waals surface area contributed by atoms with Gasteiger partial charge in [0.05, 0.1) is 10.5 Å². The van der Waals surface area contributed by atoms with Crippen LogP contribution in [0.1, 0.15) is 30.1 Å². The molecule has 18 heavy (non-hydrogen) atoms. The van der Waals surface area contributed by atoms with Gasteiger partial charge < -0.3 is 10.6 Å². The van der Waals surface area contributed by atoms with E-state index in [1.54, 1.807) is 0 Å². The van der Waals surface area contributed by atoms with Gasteiger partial charge in [0.1, 0.15) is 0 Å². The van der Waals surface area contributed by atoms with Gasteiger partial charge in [-0.1, -0.05) is 11.3 Å². The van der Waals surface area contributed by atoms with Crippen LogP contribution in [0.15, 0.2) is 11.4 Å². The van der Waals surface area contributed by atoms with Gasteiger partial charge in [-0.3, -0.25) is 14.9 Å². The summed E-state index contributed by atoms with van der Waals surface area (Å²) in [6.45, 7) is 3.76. The molecule has 1 aromatic rings. The first-order chi connectivity index (χ1) is 8.50. The predicted octanol–water partition coefficient (Wildman–Crippen LogP) is 1.53. The highest BCUT2D eigenvalue weighted by Gasteiger charge is 2.29. The number of hydrogen-bond acceptors (Lipinski definition) is 5. The van der Waals surface area contributed by atoms with Crippen molar-refractivity contribution >= 4 is 22.2 Å². The summed E-state index contributed by atoms with van der Waals surface area (Å²) in [5.41, 5.74) is 0.144.